The Bertz CT molecular complexity index is 1470. The first-order valence-corrected chi connectivity index (χ1v) is 14.6. The highest BCUT2D eigenvalue weighted by Crippen LogP contribution is 2.46. The monoisotopic (exact) mass is 558 g/mol. The second-order valence-corrected chi connectivity index (χ2v) is 12.1. The number of ether oxygens (including phenoxy) is 4. The number of carboxylic acid groups (broad SMARTS) is 1. The molecule has 0 bridgehead atoms. The highest BCUT2D eigenvalue weighted by Gasteiger charge is 2.31. The summed E-state index contributed by atoms with van der Waals surface area (Å²) in [5, 5.41) is 9.67. The number of benzene rings is 3. The van der Waals surface area contributed by atoms with Gasteiger partial charge in [0.05, 0.1) is 30.4 Å². The van der Waals surface area contributed by atoms with Crippen LogP contribution in [0.2, 0.25) is 5.02 Å². The fourth-order valence-electron chi connectivity index (χ4n) is 4.62. The summed E-state index contributed by atoms with van der Waals surface area (Å²) in [5.41, 5.74) is 3.47. The molecule has 2 aliphatic heterocycles. The van der Waals surface area contributed by atoms with Gasteiger partial charge in [-0.25, -0.2) is 8.42 Å². The number of carbonyl (C=O) groups is 1. The van der Waals surface area contributed by atoms with Gasteiger partial charge in [0.25, 0.3) is 0 Å². The first kappa shape index (κ1) is 26.2. The zero-order valence-corrected chi connectivity index (χ0v) is 22.3. The number of aliphatic carboxylic acids is 1. The minimum atomic E-state index is -3.02. The van der Waals surface area contributed by atoms with Gasteiger partial charge in [-0.15, -0.1) is 0 Å². The largest absolute Gasteiger partial charge is 0.494 e. The maximum Gasteiger partial charge on any atom is 0.304 e. The van der Waals surface area contributed by atoms with E-state index in [0.29, 0.717) is 47.7 Å². The minimum Gasteiger partial charge on any atom is -0.494 e. The quantitative estimate of drug-likeness (QED) is 0.353. The number of hydrogen-bond donors (Lipinski definition) is 1. The third-order valence-corrected chi connectivity index (χ3v) is 7.82. The third-order valence-electron chi connectivity index (χ3n) is 6.47. The van der Waals surface area contributed by atoms with Crippen molar-refractivity contribution in [2.24, 2.45) is 0 Å². The Balaban J connectivity index is 1.29. The van der Waals surface area contributed by atoms with Gasteiger partial charge in [0.1, 0.15) is 27.9 Å². The Labute approximate surface area is 226 Å². The summed E-state index contributed by atoms with van der Waals surface area (Å²) in [5.74, 6) is 1.32. The van der Waals surface area contributed by atoms with Crippen LogP contribution in [0, 0.1) is 0 Å². The van der Waals surface area contributed by atoms with Crippen molar-refractivity contribution in [2.75, 3.05) is 31.8 Å². The molecule has 0 spiro atoms. The maximum atomic E-state index is 11.3. The first-order valence-electron chi connectivity index (χ1n) is 12.2. The molecule has 5 rings (SSSR count). The smallest absolute Gasteiger partial charge is 0.304 e. The Hall–Kier alpha value is -3.43. The summed E-state index contributed by atoms with van der Waals surface area (Å²) >= 11 is 6.57. The van der Waals surface area contributed by atoms with Crippen LogP contribution in [0.1, 0.15) is 36.0 Å². The Morgan fingerprint density at radius 2 is 1.87 bits per heavy atom. The number of halogens is 1. The van der Waals surface area contributed by atoms with E-state index < -0.39 is 15.8 Å². The van der Waals surface area contributed by atoms with Crippen molar-refractivity contribution in [3.8, 4) is 34.1 Å². The van der Waals surface area contributed by atoms with Crippen molar-refractivity contribution >= 4 is 27.4 Å². The second kappa shape index (κ2) is 10.7. The Morgan fingerprint density at radius 1 is 1.05 bits per heavy atom. The number of rotatable bonds is 9. The average molecular weight is 559 g/mol. The van der Waals surface area contributed by atoms with Crippen LogP contribution in [0.4, 0.5) is 0 Å². The van der Waals surface area contributed by atoms with Crippen molar-refractivity contribution in [3.05, 3.63) is 70.7 Å². The molecule has 0 saturated carbocycles. The summed E-state index contributed by atoms with van der Waals surface area (Å²) in [6, 6.07) is 16.8. The zero-order chi connectivity index (χ0) is 26.9. The SMILES string of the molecule is CS(=O)(=O)CCCOc1ccc(-c2cccc([C@@H]3COc4cc5c(cc4O3)OC[C@H]5CC(=O)O)c2)c(Cl)c1. The van der Waals surface area contributed by atoms with E-state index >= 15 is 0 Å². The molecule has 0 aromatic heterocycles. The van der Waals surface area contributed by atoms with Crippen molar-refractivity contribution in [3.63, 3.8) is 0 Å². The Morgan fingerprint density at radius 3 is 2.63 bits per heavy atom. The molecule has 2 heterocycles. The molecule has 8 nitrogen and oxygen atoms in total. The molecule has 200 valence electrons. The molecule has 2 aliphatic rings. The van der Waals surface area contributed by atoms with Gasteiger partial charge in [-0.3, -0.25) is 4.79 Å². The van der Waals surface area contributed by atoms with Gasteiger partial charge in [0, 0.05) is 29.4 Å². The van der Waals surface area contributed by atoms with Crippen molar-refractivity contribution in [1.82, 2.24) is 0 Å². The van der Waals surface area contributed by atoms with Crippen LogP contribution in [0.15, 0.2) is 54.6 Å². The molecule has 0 unspecified atom stereocenters. The van der Waals surface area contributed by atoms with E-state index in [2.05, 4.69) is 0 Å². The molecule has 38 heavy (non-hydrogen) atoms. The van der Waals surface area contributed by atoms with Crippen LogP contribution in [-0.4, -0.2) is 51.3 Å². The summed E-state index contributed by atoms with van der Waals surface area (Å²) in [4.78, 5) is 11.2. The fourth-order valence-corrected chi connectivity index (χ4v) is 5.54. The molecule has 0 amide bonds. The van der Waals surface area contributed by atoms with Crippen LogP contribution < -0.4 is 18.9 Å². The number of fused-ring (bicyclic) bond motifs is 2. The number of hydrogen-bond acceptors (Lipinski definition) is 7. The lowest BCUT2D eigenvalue weighted by atomic mass is 9.97. The molecule has 0 fully saturated rings. The van der Waals surface area contributed by atoms with Gasteiger partial charge < -0.3 is 24.1 Å². The van der Waals surface area contributed by atoms with E-state index in [-0.39, 0.29) is 30.8 Å². The van der Waals surface area contributed by atoms with E-state index in [1.54, 1.807) is 12.1 Å². The van der Waals surface area contributed by atoms with Crippen molar-refractivity contribution in [1.29, 1.82) is 0 Å². The average Bonchev–Trinajstić information content (AvgIpc) is 3.25. The molecule has 1 N–H and O–H groups in total. The van der Waals surface area contributed by atoms with Gasteiger partial charge in [-0.05, 0) is 47.9 Å². The molecular weight excluding hydrogens is 532 g/mol. The molecule has 0 radical (unpaired) electrons. The van der Waals surface area contributed by atoms with E-state index in [1.165, 1.54) is 6.26 Å². The standard InChI is InChI=1S/C28H27ClO8S/c1-38(32,33)9-3-8-34-20-6-7-21(23(29)12-20)17-4-2-5-18(10-17)27-16-36-25-13-22-19(11-28(30)31)15-35-24(22)14-26(25)37-27/h2,4-7,10,12-14,19,27H,3,8-9,11,15-16H2,1H3,(H,30,31)/t19-,27+/m1/s1. The van der Waals surface area contributed by atoms with Crippen molar-refractivity contribution < 1.29 is 37.3 Å². The second-order valence-electron chi connectivity index (χ2n) is 9.46. The van der Waals surface area contributed by atoms with Gasteiger partial charge in [0.15, 0.2) is 17.6 Å². The predicted molar refractivity (Wildman–Crippen MR) is 143 cm³/mol. The van der Waals surface area contributed by atoms with Crippen LogP contribution in [0.25, 0.3) is 11.1 Å². The first-order chi connectivity index (χ1) is 18.2. The molecule has 3 aromatic rings. The van der Waals surface area contributed by atoms with Crippen LogP contribution >= 0.6 is 11.6 Å². The highest BCUT2D eigenvalue weighted by molar-refractivity contribution is 7.90. The summed E-state index contributed by atoms with van der Waals surface area (Å²) in [7, 11) is -3.02. The van der Waals surface area contributed by atoms with E-state index in [9.17, 15) is 13.2 Å². The summed E-state index contributed by atoms with van der Waals surface area (Å²) < 4.78 is 46.2. The van der Waals surface area contributed by atoms with Gasteiger partial charge >= 0.3 is 5.97 Å². The highest BCUT2D eigenvalue weighted by atomic mass is 35.5. The topological polar surface area (TPSA) is 108 Å². The zero-order valence-electron chi connectivity index (χ0n) is 20.7. The van der Waals surface area contributed by atoms with Gasteiger partial charge in [-0.2, -0.15) is 0 Å². The van der Waals surface area contributed by atoms with E-state index in [4.69, 9.17) is 35.7 Å². The number of carboxylic acids is 1. The third kappa shape index (κ3) is 6.00. The summed E-state index contributed by atoms with van der Waals surface area (Å²) in [6.07, 6.45) is 1.26. The normalized spacial score (nSPS) is 17.9. The molecule has 0 saturated heterocycles. The minimum absolute atomic E-state index is 0.000902. The molecule has 2 atom stereocenters. The lowest BCUT2D eigenvalue weighted by Gasteiger charge is -2.27. The van der Waals surface area contributed by atoms with Gasteiger partial charge in [-0.1, -0.05) is 29.8 Å². The van der Waals surface area contributed by atoms with Crippen LogP contribution in [0.5, 0.6) is 23.0 Å². The Kier molecular flexibility index (Phi) is 7.40. The molecule has 0 aliphatic carbocycles. The predicted octanol–water partition coefficient (Wildman–Crippen LogP) is 5.28. The lowest BCUT2D eigenvalue weighted by molar-refractivity contribution is -0.137. The molecular formula is C28H27ClO8S. The molecule has 10 heteroatoms. The van der Waals surface area contributed by atoms with E-state index in [1.807, 2.05) is 42.5 Å². The fraction of sp³-hybridized carbons (Fsp3) is 0.321. The lowest BCUT2D eigenvalue weighted by Crippen LogP contribution is -2.21. The van der Waals surface area contributed by atoms with E-state index in [0.717, 1.165) is 22.3 Å². The van der Waals surface area contributed by atoms with Gasteiger partial charge in [0.2, 0.25) is 0 Å². The van der Waals surface area contributed by atoms with Crippen LogP contribution in [-0.2, 0) is 14.6 Å². The van der Waals surface area contributed by atoms with Crippen molar-refractivity contribution in [2.45, 2.75) is 24.9 Å². The summed E-state index contributed by atoms with van der Waals surface area (Å²) in [6.45, 7) is 0.905. The number of sulfone groups is 1. The van der Waals surface area contributed by atoms with Crippen LogP contribution in [0.3, 0.4) is 0 Å². The maximum absolute atomic E-state index is 11.3. The molecule has 3 aromatic carbocycles.